The first kappa shape index (κ1) is 24.3. The number of hydrogen-bond donors (Lipinski definition) is 2. The normalized spacial score (nSPS) is 15.7. The summed E-state index contributed by atoms with van der Waals surface area (Å²) in [7, 11) is 0. The lowest BCUT2D eigenvalue weighted by Gasteiger charge is -2.38. The minimum absolute atomic E-state index is 0.177. The molecule has 3 N–H and O–H groups in total. The van der Waals surface area contributed by atoms with Crippen LogP contribution in [0.1, 0.15) is 31.4 Å². The molecule has 38 heavy (non-hydrogen) atoms. The van der Waals surface area contributed by atoms with E-state index in [-0.39, 0.29) is 17.7 Å². The monoisotopic (exact) mass is 513 g/mol. The lowest BCUT2D eigenvalue weighted by atomic mass is 10.0. The molecule has 2 aliphatic rings. The van der Waals surface area contributed by atoms with E-state index in [0.29, 0.717) is 23.2 Å². The van der Waals surface area contributed by atoms with E-state index in [2.05, 4.69) is 67.4 Å². The van der Waals surface area contributed by atoms with Gasteiger partial charge in [0.2, 0.25) is 11.9 Å². The van der Waals surface area contributed by atoms with E-state index in [1.165, 1.54) is 16.3 Å². The summed E-state index contributed by atoms with van der Waals surface area (Å²) in [5.74, 6) is 0.665. The van der Waals surface area contributed by atoms with Gasteiger partial charge in [-0.1, -0.05) is 24.3 Å². The molecule has 0 spiro atoms. The van der Waals surface area contributed by atoms with Crippen LogP contribution in [0.2, 0.25) is 0 Å². The molecule has 1 saturated heterocycles. The van der Waals surface area contributed by atoms with E-state index in [1.807, 2.05) is 18.2 Å². The minimum Gasteiger partial charge on any atom is -0.368 e. The lowest BCUT2D eigenvalue weighted by Crippen LogP contribution is -2.49. The first-order valence-corrected chi connectivity index (χ1v) is 13.2. The molecular formula is C28H32FN9. The predicted octanol–water partition coefficient (Wildman–Crippen LogP) is 4.21. The zero-order valence-corrected chi connectivity index (χ0v) is 21.7. The topological polar surface area (TPSA) is 101 Å². The SMILES string of the molecule is CC(C)N1CCN(c2ccc(Nc3nc(N)n(-c4cc5c(nn4)-c4ccccc4CCC5)n3)cc2F)CC1. The van der Waals surface area contributed by atoms with Crippen LogP contribution in [-0.2, 0) is 12.8 Å². The van der Waals surface area contributed by atoms with Crippen LogP contribution >= 0.6 is 0 Å². The fourth-order valence-electron chi connectivity index (χ4n) is 5.37. The van der Waals surface area contributed by atoms with Gasteiger partial charge in [-0.3, -0.25) is 4.90 Å². The van der Waals surface area contributed by atoms with Crippen LogP contribution in [0, 0.1) is 5.82 Å². The molecule has 196 valence electrons. The minimum atomic E-state index is -0.280. The third-order valence-electron chi connectivity index (χ3n) is 7.46. The van der Waals surface area contributed by atoms with E-state index in [9.17, 15) is 0 Å². The highest BCUT2D eigenvalue weighted by molar-refractivity contribution is 5.68. The number of nitrogens with one attached hydrogen (secondary N) is 1. The van der Waals surface area contributed by atoms with Gasteiger partial charge in [0.15, 0.2) is 5.82 Å². The summed E-state index contributed by atoms with van der Waals surface area (Å²) < 4.78 is 16.5. The molecule has 0 atom stereocenters. The summed E-state index contributed by atoms with van der Waals surface area (Å²) >= 11 is 0. The highest BCUT2D eigenvalue weighted by Crippen LogP contribution is 2.31. The van der Waals surface area contributed by atoms with Crippen molar-refractivity contribution in [3.63, 3.8) is 0 Å². The van der Waals surface area contributed by atoms with Crippen molar-refractivity contribution in [2.45, 2.75) is 39.2 Å². The Hall–Kier alpha value is -4.05. The molecule has 4 aromatic rings. The second-order valence-electron chi connectivity index (χ2n) is 10.2. The third kappa shape index (κ3) is 4.67. The Kier molecular flexibility index (Phi) is 6.40. The van der Waals surface area contributed by atoms with Crippen molar-refractivity contribution in [3.8, 4) is 17.1 Å². The third-order valence-corrected chi connectivity index (χ3v) is 7.46. The largest absolute Gasteiger partial charge is 0.368 e. The van der Waals surface area contributed by atoms with E-state index in [4.69, 9.17) is 5.73 Å². The van der Waals surface area contributed by atoms with Crippen LogP contribution in [0.4, 0.5) is 27.7 Å². The Morgan fingerprint density at radius 1 is 0.947 bits per heavy atom. The van der Waals surface area contributed by atoms with Gasteiger partial charge >= 0.3 is 0 Å². The van der Waals surface area contributed by atoms with Crippen molar-refractivity contribution in [2.24, 2.45) is 0 Å². The van der Waals surface area contributed by atoms with Crippen molar-refractivity contribution in [2.75, 3.05) is 42.1 Å². The van der Waals surface area contributed by atoms with Crippen LogP contribution in [0.25, 0.3) is 17.1 Å². The number of benzene rings is 2. The van der Waals surface area contributed by atoms with Crippen molar-refractivity contribution < 1.29 is 4.39 Å². The standard InChI is InChI=1S/C28H32FN9/c1-18(2)36-12-14-37(15-13-36)24-11-10-21(17-23(24)29)31-28-32-27(30)38(35-28)25-16-20-8-5-7-19-6-3-4-9-22(19)26(20)34-33-25/h3-4,6,9-11,16-18H,5,7-8,12-15H2,1-2H3,(H3,30,31,32,35). The van der Waals surface area contributed by atoms with E-state index in [0.717, 1.165) is 62.3 Å². The number of aryl methyl sites for hydroxylation is 2. The van der Waals surface area contributed by atoms with Crippen molar-refractivity contribution in [1.29, 1.82) is 0 Å². The molecule has 0 amide bonds. The zero-order valence-electron chi connectivity index (χ0n) is 21.7. The molecular weight excluding hydrogens is 481 g/mol. The van der Waals surface area contributed by atoms with Crippen molar-refractivity contribution >= 4 is 23.3 Å². The van der Waals surface area contributed by atoms with Gasteiger partial charge in [0.25, 0.3) is 0 Å². The van der Waals surface area contributed by atoms with Crippen molar-refractivity contribution in [1.82, 2.24) is 29.9 Å². The first-order valence-electron chi connectivity index (χ1n) is 13.2. The number of nitrogens with two attached hydrogens (primary N) is 1. The molecule has 0 radical (unpaired) electrons. The number of fused-ring (bicyclic) bond motifs is 3. The maximum absolute atomic E-state index is 15.1. The molecule has 0 unspecified atom stereocenters. The summed E-state index contributed by atoms with van der Waals surface area (Å²) in [6.07, 6.45) is 2.93. The Morgan fingerprint density at radius 3 is 2.53 bits per heavy atom. The summed E-state index contributed by atoms with van der Waals surface area (Å²) in [5, 5.41) is 16.5. The second kappa shape index (κ2) is 10.0. The maximum Gasteiger partial charge on any atom is 0.248 e. The van der Waals surface area contributed by atoms with Crippen LogP contribution < -0.4 is 16.0 Å². The molecule has 1 aliphatic heterocycles. The van der Waals surface area contributed by atoms with Gasteiger partial charge < -0.3 is 16.0 Å². The highest BCUT2D eigenvalue weighted by Gasteiger charge is 2.22. The van der Waals surface area contributed by atoms with Crippen LogP contribution in [0.5, 0.6) is 0 Å². The van der Waals surface area contributed by atoms with Gasteiger partial charge in [-0.25, -0.2) is 4.39 Å². The molecule has 2 aromatic carbocycles. The molecule has 1 fully saturated rings. The first-order chi connectivity index (χ1) is 18.5. The molecule has 3 heterocycles. The van der Waals surface area contributed by atoms with Crippen molar-refractivity contribution in [3.05, 3.63) is 65.5 Å². The smallest absolute Gasteiger partial charge is 0.248 e. The number of aromatic nitrogens is 5. The van der Waals surface area contributed by atoms with E-state index in [1.54, 1.807) is 6.07 Å². The molecule has 2 aromatic heterocycles. The number of hydrogen-bond acceptors (Lipinski definition) is 8. The van der Waals surface area contributed by atoms with E-state index >= 15 is 4.39 Å². The molecule has 6 rings (SSSR count). The second-order valence-corrected chi connectivity index (χ2v) is 10.2. The average molecular weight is 514 g/mol. The quantitative estimate of drug-likeness (QED) is 0.409. The number of piperazine rings is 1. The van der Waals surface area contributed by atoms with Gasteiger partial charge in [0.1, 0.15) is 5.82 Å². The Labute approximate surface area is 221 Å². The number of halogens is 1. The number of anilines is 4. The molecule has 0 saturated carbocycles. The Balaban J connectivity index is 1.20. The fraction of sp³-hybridized carbons (Fsp3) is 0.357. The number of rotatable bonds is 5. The fourth-order valence-corrected chi connectivity index (χ4v) is 5.37. The summed E-state index contributed by atoms with van der Waals surface area (Å²) in [6.45, 7) is 7.84. The highest BCUT2D eigenvalue weighted by atomic mass is 19.1. The molecule has 0 bridgehead atoms. The number of nitrogen functional groups attached to an aromatic ring is 1. The molecule has 9 nitrogen and oxygen atoms in total. The maximum atomic E-state index is 15.1. The van der Waals surface area contributed by atoms with E-state index < -0.39 is 0 Å². The van der Waals surface area contributed by atoms with Gasteiger partial charge in [-0.05, 0) is 68.5 Å². The average Bonchev–Trinajstić information content (AvgIpc) is 3.18. The Morgan fingerprint density at radius 2 is 1.74 bits per heavy atom. The van der Waals surface area contributed by atoms with Gasteiger partial charge in [0.05, 0.1) is 11.4 Å². The number of nitrogens with zero attached hydrogens (tertiary/aromatic N) is 7. The zero-order chi connectivity index (χ0) is 26.2. The predicted molar refractivity (Wildman–Crippen MR) is 147 cm³/mol. The Bertz CT molecular complexity index is 1460. The summed E-state index contributed by atoms with van der Waals surface area (Å²) in [4.78, 5) is 8.83. The van der Waals surface area contributed by atoms with Gasteiger partial charge in [0, 0.05) is 43.5 Å². The van der Waals surface area contributed by atoms with Gasteiger partial charge in [-0.15, -0.1) is 15.3 Å². The summed E-state index contributed by atoms with van der Waals surface area (Å²) in [6, 6.07) is 15.9. The van der Waals surface area contributed by atoms with Gasteiger partial charge in [-0.2, -0.15) is 9.67 Å². The van der Waals surface area contributed by atoms with Crippen LogP contribution in [0.3, 0.4) is 0 Å². The van der Waals surface area contributed by atoms with Crippen LogP contribution in [0.15, 0.2) is 48.5 Å². The lowest BCUT2D eigenvalue weighted by molar-refractivity contribution is 0.209. The van der Waals surface area contributed by atoms with Crippen LogP contribution in [-0.4, -0.2) is 62.1 Å². The molecule has 10 heteroatoms. The molecule has 1 aliphatic carbocycles. The summed E-state index contributed by atoms with van der Waals surface area (Å²) in [5.41, 5.74) is 11.8.